The first-order chi connectivity index (χ1) is 6.29. The molecular formula is C8H7BrN2OS. The van der Waals surface area contributed by atoms with Gasteiger partial charge in [-0.1, -0.05) is 0 Å². The number of furan rings is 1. The first-order valence-electron chi connectivity index (χ1n) is 3.66. The Bertz CT molecular complexity index is 385. The number of hydrogen-bond donors (Lipinski definition) is 1. The molecule has 2 aromatic heterocycles. The quantitative estimate of drug-likeness (QED) is 0.901. The van der Waals surface area contributed by atoms with Crippen molar-refractivity contribution in [2.45, 2.75) is 6.04 Å². The lowest BCUT2D eigenvalue weighted by atomic mass is 10.2. The highest BCUT2D eigenvalue weighted by Crippen LogP contribution is 2.29. The van der Waals surface area contributed by atoms with Gasteiger partial charge in [0.15, 0.2) is 0 Å². The summed E-state index contributed by atoms with van der Waals surface area (Å²) in [5, 5.41) is 0. The summed E-state index contributed by atoms with van der Waals surface area (Å²) >= 11 is 4.88. The van der Waals surface area contributed by atoms with E-state index in [4.69, 9.17) is 10.2 Å². The Morgan fingerprint density at radius 1 is 1.62 bits per heavy atom. The highest BCUT2D eigenvalue weighted by Gasteiger charge is 2.16. The first-order valence-corrected chi connectivity index (χ1v) is 5.33. The van der Waals surface area contributed by atoms with E-state index in [9.17, 15) is 0 Å². The third-order valence-corrected chi connectivity index (χ3v) is 3.20. The van der Waals surface area contributed by atoms with Crippen LogP contribution in [0.15, 0.2) is 32.9 Å². The van der Waals surface area contributed by atoms with Crippen LogP contribution in [-0.4, -0.2) is 4.98 Å². The van der Waals surface area contributed by atoms with E-state index in [1.54, 1.807) is 18.0 Å². The fourth-order valence-corrected chi connectivity index (χ4v) is 2.10. The molecule has 5 heteroatoms. The molecule has 3 nitrogen and oxygen atoms in total. The molecule has 0 radical (unpaired) electrons. The van der Waals surface area contributed by atoms with Crippen molar-refractivity contribution in [3.8, 4) is 0 Å². The number of rotatable bonds is 2. The van der Waals surface area contributed by atoms with E-state index in [1.807, 2.05) is 6.07 Å². The topological polar surface area (TPSA) is 52.0 Å². The zero-order valence-corrected chi connectivity index (χ0v) is 9.01. The Labute approximate surface area is 87.7 Å². The lowest BCUT2D eigenvalue weighted by molar-refractivity contribution is 0.489. The fraction of sp³-hybridized carbons (Fsp3) is 0.125. The van der Waals surface area contributed by atoms with E-state index < -0.39 is 0 Å². The maximum atomic E-state index is 5.95. The molecule has 2 heterocycles. The smallest absolute Gasteiger partial charge is 0.140 e. The Kier molecular flexibility index (Phi) is 2.48. The zero-order chi connectivity index (χ0) is 9.26. The highest BCUT2D eigenvalue weighted by molar-refractivity contribution is 9.10. The van der Waals surface area contributed by atoms with Gasteiger partial charge < -0.3 is 10.2 Å². The molecule has 0 saturated heterocycles. The van der Waals surface area contributed by atoms with Crippen molar-refractivity contribution in [1.82, 2.24) is 4.98 Å². The predicted molar refractivity (Wildman–Crippen MR) is 54.6 cm³/mol. The van der Waals surface area contributed by atoms with Crippen molar-refractivity contribution < 1.29 is 4.42 Å². The van der Waals surface area contributed by atoms with E-state index in [0.29, 0.717) is 0 Å². The van der Waals surface area contributed by atoms with Crippen LogP contribution >= 0.6 is 27.3 Å². The molecule has 0 aromatic carbocycles. The molecular weight excluding hydrogens is 252 g/mol. The molecule has 0 aliphatic carbocycles. The Balaban J connectivity index is 2.33. The minimum atomic E-state index is -0.225. The summed E-state index contributed by atoms with van der Waals surface area (Å²) in [5.74, 6) is 0.740. The molecule has 0 aliphatic rings. The van der Waals surface area contributed by atoms with Crippen molar-refractivity contribution in [3.05, 3.63) is 39.1 Å². The maximum absolute atomic E-state index is 5.95. The van der Waals surface area contributed by atoms with Gasteiger partial charge in [0.05, 0.1) is 16.2 Å². The third-order valence-electron chi connectivity index (χ3n) is 1.69. The minimum absolute atomic E-state index is 0.225. The molecule has 0 spiro atoms. The highest BCUT2D eigenvalue weighted by atomic mass is 79.9. The summed E-state index contributed by atoms with van der Waals surface area (Å²) in [6.45, 7) is 0. The van der Waals surface area contributed by atoms with Gasteiger partial charge in [0, 0.05) is 11.1 Å². The van der Waals surface area contributed by atoms with Crippen molar-refractivity contribution in [2.75, 3.05) is 0 Å². The summed E-state index contributed by atoms with van der Waals surface area (Å²) in [5.41, 5.74) is 7.71. The molecule has 68 valence electrons. The van der Waals surface area contributed by atoms with Crippen LogP contribution in [0.2, 0.25) is 0 Å². The van der Waals surface area contributed by atoms with Crippen molar-refractivity contribution in [1.29, 1.82) is 0 Å². The molecule has 2 N–H and O–H groups in total. The third kappa shape index (κ3) is 1.67. The number of aromatic nitrogens is 1. The fourth-order valence-electron chi connectivity index (χ4n) is 1.04. The average molecular weight is 259 g/mol. The number of hydrogen-bond acceptors (Lipinski definition) is 4. The van der Waals surface area contributed by atoms with Gasteiger partial charge in [-0.15, -0.1) is 11.3 Å². The van der Waals surface area contributed by atoms with Crippen LogP contribution in [0.1, 0.15) is 16.7 Å². The second-order valence-corrected chi connectivity index (χ2v) is 4.29. The van der Waals surface area contributed by atoms with Crippen LogP contribution in [0.4, 0.5) is 0 Å². The maximum Gasteiger partial charge on any atom is 0.140 e. The SMILES string of the molecule is NC(c1cncs1)c1occc1Br. The minimum Gasteiger partial charge on any atom is -0.466 e. The summed E-state index contributed by atoms with van der Waals surface area (Å²) in [7, 11) is 0. The van der Waals surface area contributed by atoms with Crippen LogP contribution in [0.5, 0.6) is 0 Å². The molecule has 13 heavy (non-hydrogen) atoms. The van der Waals surface area contributed by atoms with Crippen molar-refractivity contribution in [3.63, 3.8) is 0 Å². The molecule has 1 unspecified atom stereocenters. The normalized spacial score (nSPS) is 13.1. The van der Waals surface area contributed by atoms with Gasteiger partial charge in [0.25, 0.3) is 0 Å². The Hall–Kier alpha value is -0.650. The second-order valence-electron chi connectivity index (χ2n) is 2.51. The van der Waals surface area contributed by atoms with E-state index in [1.165, 1.54) is 11.3 Å². The van der Waals surface area contributed by atoms with E-state index in [-0.39, 0.29) is 6.04 Å². The summed E-state index contributed by atoms with van der Waals surface area (Å²) in [6.07, 6.45) is 3.37. The largest absolute Gasteiger partial charge is 0.466 e. The van der Waals surface area contributed by atoms with E-state index in [0.717, 1.165) is 15.1 Å². The predicted octanol–water partition coefficient (Wildman–Crippen LogP) is 2.55. The van der Waals surface area contributed by atoms with Gasteiger partial charge in [-0.05, 0) is 22.0 Å². The van der Waals surface area contributed by atoms with Crippen LogP contribution in [0, 0.1) is 0 Å². The molecule has 2 rings (SSSR count). The summed E-state index contributed by atoms with van der Waals surface area (Å²) in [4.78, 5) is 4.96. The van der Waals surface area contributed by atoms with E-state index >= 15 is 0 Å². The molecule has 1 atom stereocenters. The molecule has 0 amide bonds. The lowest BCUT2D eigenvalue weighted by Crippen LogP contribution is -2.09. The van der Waals surface area contributed by atoms with Crippen molar-refractivity contribution in [2.24, 2.45) is 5.73 Å². The van der Waals surface area contributed by atoms with E-state index in [2.05, 4.69) is 20.9 Å². The molecule has 0 bridgehead atoms. The Morgan fingerprint density at radius 3 is 3.00 bits per heavy atom. The number of nitrogens with zero attached hydrogens (tertiary/aromatic N) is 1. The average Bonchev–Trinajstić information content (AvgIpc) is 2.72. The molecule has 0 saturated carbocycles. The van der Waals surface area contributed by atoms with Gasteiger partial charge in [-0.2, -0.15) is 0 Å². The first kappa shape index (κ1) is 8.93. The number of thiazole rings is 1. The van der Waals surface area contributed by atoms with Crippen LogP contribution in [-0.2, 0) is 0 Å². The summed E-state index contributed by atoms with van der Waals surface area (Å²) in [6, 6.07) is 1.60. The monoisotopic (exact) mass is 258 g/mol. The second kappa shape index (κ2) is 3.61. The van der Waals surface area contributed by atoms with Crippen LogP contribution in [0.3, 0.4) is 0 Å². The van der Waals surface area contributed by atoms with Crippen LogP contribution in [0.25, 0.3) is 0 Å². The lowest BCUT2D eigenvalue weighted by Gasteiger charge is -2.05. The van der Waals surface area contributed by atoms with Gasteiger partial charge in [-0.3, -0.25) is 4.98 Å². The van der Waals surface area contributed by atoms with Crippen molar-refractivity contribution >= 4 is 27.3 Å². The Morgan fingerprint density at radius 2 is 2.46 bits per heavy atom. The van der Waals surface area contributed by atoms with Gasteiger partial charge in [0.2, 0.25) is 0 Å². The van der Waals surface area contributed by atoms with Gasteiger partial charge in [-0.25, -0.2) is 0 Å². The number of halogens is 1. The number of nitrogens with two attached hydrogens (primary N) is 1. The molecule has 0 fully saturated rings. The van der Waals surface area contributed by atoms with Gasteiger partial charge in [0.1, 0.15) is 11.8 Å². The van der Waals surface area contributed by atoms with Crippen LogP contribution < -0.4 is 5.73 Å². The molecule has 0 aliphatic heterocycles. The zero-order valence-electron chi connectivity index (χ0n) is 6.61. The molecule has 2 aromatic rings. The van der Waals surface area contributed by atoms with Gasteiger partial charge >= 0.3 is 0 Å². The summed E-state index contributed by atoms with van der Waals surface area (Å²) < 4.78 is 6.15. The standard InChI is InChI=1S/C8H7BrN2OS/c9-5-1-2-12-8(5)7(10)6-3-11-4-13-6/h1-4,7H,10H2.